The van der Waals surface area contributed by atoms with Crippen molar-refractivity contribution in [2.24, 2.45) is 0 Å². The fourth-order valence-electron chi connectivity index (χ4n) is 6.43. The van der Waals surface area contributed by atoms with E-state index in [1.807, 2.05) is 0 Å². The summed E-state index contributed by atoms with van der Waals surface area (Å²) in [5.74, 6) is -1.79. The summed E-state index contributed by atoms with van der Waals surface area (Å²) in [7, 11) is 5.39. The maximum atomic E-state index is 12.7. The summed E-state index contributed by atoms with van der Waals surface area (Å²) in [6.45, 7) is 4.50. The van der Waals surface area contributed by atoms with E-state index in [2.05, 4.69) is 62.5 Å². The Morgan fingerprint density at radius 1 is 0.554 bits per heavy atom. The lowest BCUT2D eigenvalue weighted by Crippen LogP contribution is -2.55. The molecule has 2 unspecified atom stereocenters. The number of likely N-dealkylation sites (N-methyl/N-ethyl adjacent to an activating group) is 1. The van der Waals surface area contributed by atoms with Gasteiger partial charge < -0.3 is 28.6 Å². The number of esters is 2. The normalized spacial score (nSPS) is 13.4. The van der Waals surface area contributed by atoms with Gasteiger partial charge in [-0.2, -0.15) is 0 Å². The van der Waals surface area contributed by atoms with Crippen molar-refractivity contribution in [3.05, 3.63) is 48.6 Å². The van der Waals surface area contributed by atoms with Crippen LogP contribution in [0.5, 0.6) is 0 Å². The molecule has 0 aromatic rings. The topological polar surface area (TPSA) is 102 Å². The van der Waals surface area contributed by atoms with Crippen molar-refractivity contribution in [3.8, 4) is 0 Å². The minimum absolute atomic E-state index is 0.0263. The first kappa shape index (κ1) is 53.3. The molecule has 0 saturated heterocycles. The molecule has 0 aliphatic heterocycles. The lowest BCUT2D eigenvalue weighted by atomic mass is 10.1. The molecule has 2 atom stereocenters. The average Bonchev–Trinajstić information content (AvgIpc) is 3.15. The highest BCUT2D eigenvalue weighted by Crippen LogP contribution is 2.14. The number of carboxylic acid groups (broad SMARTS) is 1. The number of quaternary nitrogens is 1. The first-order valence-electron chi connectivity index (χ1n) is 22.7. The van der Waals surface area contributed by atoms with Crippen molar-refractivity contribution in [3.63, 3.8) is 0 Å². The monoisotopic (exact) mass is 788 g/mol. The van der Waals surface area contributed by atoms with E-state index < -0.39 is 18.1 Å². The van der Waals surface area contributed by atoms with Crippen LogP contribution in [0.1, 0.15) is 187 Å². The predicted molar refractivity (Wildman–Crippen MR) is 231 cm³/mol. The molecule has 0 spiro atoms. The van der Waals surface area contributed by atoms with Gasteiger partial charge in [0.25, 0.3) is 0 Å². The summed E-state index contributed by atoms with van der Waals surface area (Å²) in [6.07, 6.45) is 45.8. The lowest BCUT2D eigenvalue weighted by Gasteiger charge is -2.34. The number of nitrogens with zero attached hydrogens (tertiary/aromatic N) is 1. The van der Waals surface area contributed by atoms with E-state index in [1.165, 1.54) is 96.3 Å². The van der Waals surface area contributed by atoms with Gasteiger partial charge in [-0.25, -0.2) is 0 Å². The Kier molecular flexibility index (Phi) is 37.2. The molecule has 8 nitrogen and oxygen atoms in total. The first-order chi connectivity index (χ1) is 27.1. The Morgan fingerprint density at radius 3 is 1.54 bits per heavy atom. The van der Waals surface area contributed by atoms with Gasteiger partial charge in [-0.15, -0.1) is 0 Å². The van der Waals surface area contributed by atoms with Crippen LogP contribution >= 0.6 is 0 Å². The summed E-state index contributed by atoms with van der Waals surface area (Å²) in [5, 5.41) is 11.6. The Hall–Kier alpha value is -2.71. The number of hydrogen-bond acceptors (Lipinski definition) is 7. The number of carbonyl (C=O) groups excluding carboxylic acids is 3. The number of aliphatic carboxylic acids is 1. The van der Waals surface area contributed by atoms with E-state index in [4.69, 9.17) is 14.2 Å². The van der Waals surface area contributed by atoms with Gasteiger partial charge in [-0.05, 0) is 70.6 Å². The standard InChI is InChI=1S/C48H85NO7/c1-6-8-10-12-14-16-18-20-21-22-23-24-25-26-27-29-31-33-35-37-39-47(51)56-44(42-54-41-40-45(48(52)53)49(3,4)5)43-55-46(50)38-36-34-32-30-28-19-17-15-13-11-9-7-2/h9,11,15,17,23-24,28,30,44-45H,6-8,10,12-14,16,18-22,25-27,29,31-43H2,1-5H3/b11-9+,17-15+,24-23+,30-28+. The van der Waals surface area contributed by atoms with Gasteiger partial charge in [0.05, 0.1) is 40.3 Å². The number of allylic oxidation sites excluding steroid dienone is 8. The third kappa shape index (κ3) is 36.9. The molecule has 0 aromatic heterocycles. The number of unbranched alkanes of at least 4 members (excludes halogenated alkanes) is 18. The number of rotatable bonds is 40. The van der Waals surface area contributed by atoms with Crippen molar-refractivity contribution in [1.29, 1.82) is 0 Å². The van der Waals surface area contributed by atoms with Crippen LogP contribution in [0.15, 0.2) is 48.6 Å². The number of hydrogen-bond donors (Lipinski definition) is 0. The lowest BCUT2D eigenvalue weighted by molar-refractivity contribution is -0.889. The van der Waals surface area contributed by atoms with Gasteiger partial charge in [0, 0.05) is 19.3 Å². The molecule has 0 radical (unpaired) electrons. The minimum atomic E-state index is -1.13. The van der Waals surface area contributed by atoms with Gasteiger partial charge in [0.2, 0.25) is 0 Å². The van der Waals surface area contributed by atoms with E-state index in [0.29, 0.717) is 19.3 Å². The molecule has 0 saturated carbocycles. The van der Waals surface area contributed by atoms with Gasteiger partial charge >= 0.3 is 11.9 Å². The second kappa shape index (κ2) is 39.1. The first-order valence-corrected chi connectivity index (χ1v) is 22.7. The highest BCUT2D eigenvalue weighted by Gasteiger charge is 2.25. The van der Waals surface area contributed by atoms with Crippen LogP contribution in [-0.2, 0) is 28.6 Å². The molecular weight excluding hydrogens is 703 g/mol. The highest BCUT2D eigenvalue weighted by atomic mass is 16.6. The SMILES string of the molecule is CC/C=C/C/C=C/C/C=C/CCCCC(=O)OCC(COCCC(C(=O)[O-])[N+](C)(C)C)OC(=O)CCCCCCCCC/C=C/CCCCCCCCCCC. The summed E-state index contributed by atoms with van der Waals surface area (Å²) >= 11 is 0. The molecule has 0 N–H and O–H groups in total. The molecule has 0 bridgehead atoms. The quantitative estimate of drug-likeness (QED) is 0.0264. The van der Waals surface area contributed by atoms with E-state index >= 15 is 0 Å². The second-order valence-electron chi connectivity index (χ2n) is 16.3. The zero-order valence-electron chi connectivity index (χ0n) is 36.8. The van der Waals surface area contributed by atoms with E-state index in [9.17, 15) is 19.5 Å². The van der Waals surface area contributed by atoms with Gasteiger partial charge in [-0.3, -0.25) is 9.59 Å². The van der Waals surface area contributed by atoms with Crippen LogP contribution in [0.3, 0.4) is 0 Å². The smallest absolute Gasteiger partial charge is 0.306 e. The zero-order valence-corrected chi connectivity index (χ0v) is 36.8. The second-order valence-corrected chi connectivity index (χ2v) is 16.3. The molecule has 0 aliphatic rings. The average molecular weight is 788 g/mol. The third-order valence-corrected chi connectivity index (χ3v) is 9.95. The van der Waals surface area contributed by atoms with Crippen molar-refractivity contribution >= 4 is 17.9 Å². The fourth-order valence-corrected chi connectivity index (χ4v) is 6.43. The largest absolute Gasteiger partial charge is 0.544 e. The number of ether oxygens (including phenoxy) is 3. The van der Waals surface area contributed by atoms with Gasteiger partial charge in [0.1, 0.15) is 12.6 Å². The Bertz CT molecular complexity index is 1060. The van der Waals surface area contributed by atoms with E-state index in [0.717, 1.165) is 51.4 Å². The Balaban J connectivity index is 4.33. The highest BCUT2D eigenvalue weighted by molar-refractivity contribution is 5.70. The third-order valence-electron chi connectivity index (χ3n) is 9.95. The van der Waals surface area contributed by atoms with E-state index in [-0.39, 0.29) is 42.7 Å². The van der Waals surface area contributed by atoms with Crippen LogP contribution < -0.4 is 5.11 Å². The maximum absolute atomic E-state index is 12.7. The summed E-state index contributed by atoms with van der Waals surface area (Å²) < 4.78 is 17.1. The van der Waals surface area contributed by atoms with Gasteiger partial charge in [0.15, 0.2) is 6.10 Å². The molecule has 0 amide bonds. The van der Waals surface area contributed by atoms with Crippen LogP contribution in [0.25, 0.3) is 0 Å². The molecule has 0 aromatic carbocycles. The van der Waals surface area contributed by atoms with Crippen molar-refractivity contribution < 1.29 is 38.2 Å². The van der Waals surface area contributed by atoms with Crippen LogP contribution in [0, 0.1) is 0 Å². The molecule has 0 rings (SSSR count). The minimum Gasteiger partial charge on any atom is -0.544 e. The molecule has 0 heterocycles. The van der Waals surface area contributed by atoms with Crippen LogP contribution in [0.4, 0.5) is 0 Å². The Morgan fingerprint density at radius 2 is 1.00 bits per heavy atom. The summed E-state index contributed by atoms with van der Waals surface area (Å²) in [5.41, 5.74) is 0. The zero-order chi connectivity index (χ0) is 41.4. The number of carboxylic acids is 1. The molecule has 0 fully saturated rings. The molecule has 324 valence electrons. The summed E-state index contributed by atoms with van der Waals surface area (Å²) in [6, 6.07) is -0.732. The molecule has 0 aliphatic carbocycles. The van der Waals surface area contributed by atoms with Gasteiger partial charge in [-0.1, -0.05) is 146 Å². The Labute approximate surface area is 344 Å². The van der Waals surface area contributed by atoms with E-state index in [1.54, 1.807) is 21.1 Å². The molecule has 8 heteroatoms. The maximum Gasteiger partial charge on any atom is 0.306 e. The van der Waals surface area contributed by atoms with Crippen molar-refractivity contribution in [1.82, 2.24) is 0 Å². The molecular formula is C48H85NO7. The summed E-state index contributed by atoms with van der Waals surface area (Å²) in [4.78, 5) is 36.8. The fraction of sp³-hybridized carbons (Fsp3) is 0.771. The van der Waals surface area contributed by atoms with Crippen LogP contribution in [0.2, 0.25) is 0 Å². The van der Waals surface area contributed by atoms with Crippen molar-refractivity contribution in [2.75, 3.05) is 41.0 Å². The molecule has 56 heavy (non-hydrogen) atoms. The predicted octanol–water partition coefficient (Wildman–Crippen LogP) is 11.1. The van der Waals surface area contributed by atoms with Crippen molar-refractivity contribution in [2.45, 2.75) is 199 Å². The number of carbonyl (C=O) groups is 3. The van der Waals surface area contributed by atoms with Crippen LogP contribution in [-0.4, -0.2) is 75.5 Å².